The number of nitrogens with one attached hydrogen (secondary N) is 1. The summed E-state index contributed by atoms with van der Waals surface area (Å²) in [6, 6.07) is 11.8. The van der Waals surface area contributed by atoms with Crippen LogP contribution >= 0.6 is 27.7 Å². The van der Waals surface area contributed by atoms with Gasteiger partial charge in [-0.1, -0.05) is 12.1 Å². The first-order valence-corrected chi connectivity index (χ1v) is 12.5. The fourth-order valence-corrected chi connectivity index (χ4v) is 4.87. The normalized spacial score (nSPS) is 14.2. The third kappa shape index (κ3) is 6.37. The molecule has 1 aliphatic rings. The molecule has 1 heterocycles. The van der Waals surface area contributed by atoms with Gasteiger partial charge in [0.25, 0.3) is 11.1 Å². The summed E-state index contributed by atoms with van der Waals surface area (Å²) >= 11 is 4.04. The van der Waals surface area contributed by atoms with Crippen LogP contribution in [0.2, 0.25) is 0 Å². The summed E-state index contributed by atoms with van der Waals surface area (Å²) in [5.74, 6) is -3.06. The topological polar surface area (TPSA) is 84.9 Å². The molecule has 1 N–H and O–H groups in total. The molecule has 1 aliphatic heterocycles. The molecule has 12 heteroatoms. The summed E-state index contributed by atoms with van der Waals surface area (Å²) < 4.78 is 52.0. The van der Waals surface area contributed by atoms with Crippen LogP contribution < -0.4 is 14.8 Å². The Labute approximate surface area is 227 Å². The van der Waals surface area contributed by atoms with Gasteiger partial charge < -0.3 is 14.8 Å². The fourth-order valence-electron chi connectivity index (χ4n) is 3.46. The monoisotopic (exact) mass is 606 g/mol. The number of hydrogen-bond acceptors (Lipinski definition) is 6. The first-order valence-electron chi connectivity index (χ1n) is 10.9. The first kappa shape index (κ1) is 27.3. The Morgan fingerprint density at radius 2 is 1.84 bits per heavy atom. The summed E-state index contributed by atoms with van der Waals surface area (Å²) in [6.45, 7) is -0.576. The zero-order valence-corrected chi connectivity index (χ0v) is 22.0. The van der Waals surface area contributed by atoms with E-state index in [1.807, 2.05) is 0 Å². The molecule has 0 aromatic heterocycles. The van der Waals surface area contributed by atoms with E-state index in [9.17, 15) is 27.6 Å². The predicted molar refractivity (Wildman–Crippen MR) is 139 cm³/mol. The van der Waals surface area contributed by atoms with Crippen LogP contribution in [-0.4, -0.2) is 35.6 Å². The Hall–Kier alpha value is -3.77. The zero-order valence-electron chi connectivity index (χ0n) is 19.6. The van der Waals surface area contributed by atoms with Crippen molar-refractivity contribution in [3.05, 3.63) is 92.6 Å². The molecule has 7 nitrogen and oxygen atoms in total. The lowest BCUT2D eigenvalue weighted by Crippen LogP contribution is -2.36. The lowest BCUT2D eigenvalue weighted by atomic mass is 10.1. The molecule has 196 valence electrons. The van der Waals surface area contributed by atoms with E-state index in [0.717, 1.165) is 17.0 Å². The van der Waals surface area contributed by atoms with E-state index in [0.29, 0.717) is 44.9 Å². The van der Waals surface area contributed by atoms with Gasteiger partial charge in [0, 0.05) is 6.07 Å². The third-order valence-electron chi connectivity index (χ3n) is 5.20. The van der Waals surface area contributed by atoms with E-state index >= 15 is 0 Å². The van der Waals surface area contributed by atoms with Gasteiger partial charge in [-0.05, 0) is 81.3 Å². The predicted octanol–water partition coefficient (Wildman–Crippen LogP) is 6.13. The summed E-state index contributed by atoms with van der Waals surface area (Å²) in [5.41, 5.74) is 0.827. The van der Waals surface area contributed by atoms with Crippen molar-refractivity contribution in [1.29, 1.82) is 0 Å². The zero-order chi connectivity index (χ0) is 27.4. The second kappa shape index (κ2) is 11.7. The molecule has 1 saturated heterocycles. The second-order valence-electron chi connectivity index (χ2n) is 7.89. The van der Waals surface area contributed by atoms with Gasteiger partial charge in [0.15, 0.2) is 11.5 Å². The number of rotatable bonds is 8. The van der Waals surface area contributed by atoms with Gasteiger partial charge in [-0.25, -0.2) is 13.2 Å². The molecule has 0 atom stereocenters. The highest BCUT2D eigenvalue weighted by atomic mass is 79.9. The summed E-state index contributed by atoms with van der Waals surface area (Å²) in [6.07, 6.45) is 1.45. The van der Waals surface area contributed by atoms with Crippen molar-refractivity contribution in [2.75, 3.05) is 19.0 Å². The lowest BCUT2D eigenvalue weighted by molar-refractivity contribution is -0.127. The van der Waals surface area contributed by atoms with Crippen molar-refractivity contribution >= 4 is 56.5 Å². The molecular formula is C26H18BrF3N2O5S. The van der Waals surface area contributed by atoms with Crippen LogP contribution in [0.1, 0.15) is 11.1 Å². The van der Waals surface area contributed by atoms with E-state index in [1.54, 1.807) is 24.3 Å². The minimum absolute atomic E-state index is 0.0538. The number of halogens is 4. The van der Waals surface area contributed by atoms with Crippen molar-refractivity contribution in [2.24, 2.45) is 0 Å². The number of imide groups is 1. The Bertz CT molecular complexity index is 1470. The van der Waals surface area contributed by atoms with Crippen LogP contribution in [0.4, 0.5) is 23.7 Å². The van der Waals surface area contributed by atoms with Crippen molar-refractivity contribution in [3.63, 3.8) is 0 Å². The highest BCUT2D eigenvalue weighted by Gasteiger charge is 2.36. The number of methoxy groups -OCH3 is 1. The van der Waals surface area contributed by atoms with Crippen LogP contribution in [0, 0.1) is 17.5 Å². The Morgan fingerprint density at radius 1 is 1.08 bits per heavy atom. The standard InChI is InChI=1S/C26H18BrF3N2O5S/c1-36-21-9-15(8-18(27)24(21)37-13-14-3-2-4-16(28)7-14)10-22-25(34)32(26(35)38-22)12-23(33)31-20-6-5-17(29)11-19(20)30/h2-11H,12-13H2,1H3,(H,31,33)/b22-10+. The minimum Gasteiger partial charge on any atom is -0.493 e. The molecule has 0 saturated carbocycles. The maximum absolute atomic E-state index is 13.8. The van der Waals surface area contributed by atoms with Gasteiger partial charge in [0.1, 0.15) is 30.6 Å². The van der Waals surface area contributed by atoms with Crippen LogP contribution in [0.25, 0.3) is 6.08 Å². The molecule has 1 fully saturated rings. The lowest BCUT2D eigenvalue weighted by Gasteiger charge is -2.14. The SMILES string of the molecule is COc1cc(/C=C2/SC(=O)N(CC(=O)Nc3ccc(F)cc3F)C2=O)cc(Br)c1OCc1cccc(F)c1. The van der Waals surface area contributed by atoms with Crippen molar-refractivity contribution in [1.82, 2.24) is 4.90 Å². The van der Waals surface area contributed by atoms with Crippen molar-refractivity contribution < 1.29 is 37.0 Å². The van der Waals surface area contributed by atoms with E-state index in [1.165, 1.54) is 25.3 Å². The molecule has 0 spiro atoms. The molecule has 0 bridgehead atoms. The summed E-state index contributed by atoms with van der Waals surface area (Å²) in [7, 11) is 1.43. The molecule has 0 aliphatic carbocycles. The molecule has 3 amide bonds. The average Bonchev–Trinajstić information content (AvgIpc) is 3.12. The summed E-state index contributed by atoms with van der Waals surface area (Å²) in [4.78, 5) is 38.3. The third-order valence-corrected chi connectivity index (χ3v) is 6.70. The van der Waals surface area contributed by atoms with E-state index < -0.39 is 35.2 Å². The van der Waals surface area contributed by atoms with Gasteiger partial charge in [0.05, 0.1) is 22.2 Å². The molecule has 38 heavy (non-hydrogen) atoms. The number of thioether (sulfide) groups is 1. The van der Waals surface area contributed by atoms with Crippen LogP contribution in [-0.2, 0) is 16.2 Å². The minimum atomic E-state index is -0.990. The quantitative estimate of drug-likeness (QED) is 0.311. The van der Waals surface area contributed by atoms with Crippen LogP contribution in [0.3, 0.4) is 0 Å². The van der Waals surface area contributed by atoms with Gasteiger partial charge in [0.2, 0.25) is 5.91 Å². The smallest absolute Gasteiger partial charge is 0.294 e. The van der Waals surface area contributed by atoms with Gasteiger partial charge >= 0.3 is 0 Å². The summed E-state index contributed by atoms with van der Waals surface area (Å²) in [5, 5.41) is 1.53. The number of benzene rings is 3. The van der Waals surface area contributed by atoms with Crippen molar-refractivity contribution in [3.8, 4) is 11.5 Å². The molecule has 3 aromatic carbocycles. The molecule has 4 rings (SSSR count). The maximum atomic E-state index is 13.8. The van der Waals surface area contributed by atoms with Gasteiger partial charge in [-0.15, -0.1) is 0 Å². The van der Waals surface area contributed by atoms with E-state index in [4.69, 9.17) is 9.47 Å². The van der Waals surface area contributed by atoms with E-state index in [-0.39, 0.29) is 23.0 Å². The maximum Gasteiger partial charge on any atom is 0.294 e. The molecule has 3 aromatic rings. The average molecular weight is 607 g/mol. The number of anilines is 1. The highest BCUT2D eigenvalue weighted by molar-refractivity contribution is 9.10. The van der Waals surface area contributed by atoms with Crippen LogP contribution in [0.15, 0.2) is 64.0 Å². The molecule has 0 unspecified atom stereocenters. The second-order valence-corrected chi connectivity index (χ2v) is 9.74. The first-order chi connectivity index (χ1) is 18.1. The number of carbonyl (C=O) groups is 3. The number of ether oxygens (including phenoxy) is 2. The van der Waals surface area contributed by atoms with E-state index in [2.05, 4.69) is 21.2 Å². The largest absolute Gasteiger partial charge is 0.493 e. The molecular weight excluding hydrogens is 589 g/mol. The van der Waals surface area contributed by atoms with Crippen LogP contribution in [0.5, 0.6) is 11.5 Å². The number of amides is 3. The number of carbonyl (C=O) groups excluding carboxylic acids is 3. The number of nitrogens with zero attached hydrogens (tertiary/aromatic N) is 1. The Morgan fingerprint density at radius 3 is 2.55 bits per heavy atom. The van der Waals surface area contributed by atoms with Gasteiger partial charge in [-0.2, -0.15) is 0 Å². The fraction of sp³-hybridized carbons (Fsp3) is 0.115. The highest BCUT2D eigenvalue weighted by Crippen LogP contribution is 2.39. The molecule has 0 radical (unpaired) electrons. The Balaban J connectivity index is 1.47. The van der Waals surface area contributed by atoms with Crippen molar-refractivity contribution in [2.45, 2.75) is 6.61 Å². The van der Waals surface area contributed by atoms with Gasteiger partial charge in [-0.3, -0.25) is 19.3 Å². The number of hydrogen-bond donors (Lipinski definition) is 1. The Kier molecular flexibility index (Phi) is 8.42.